The number of nitriles is 1. The highest BCUT2D eigenvalue weighted by Crippen LogP contribution is 2.63. The van der Waals surface area contributed by atoms with Crippen molar-refractivity contribution in [3.63, 3.8) is 0 Å². The summed E-state index contributed by atoms with van der Waals surface area (Å²) in [6.45, 7) is 0. The van der Waals surface area contributed by atoms with Crippen LogP contribution in [-0.2, 0) is 5.41 Å². The van der Waals surface area contributed by atoms with E-state index in [0.29, 0.717) is 5.56 Å². The third-order valence-electron chi connectivity index (χ3n) is 16.8. The van der Waals surface area contributed by atoms with Crippen LogP contribution in [0.5, 0.6) is 0 Å². The molecular formula is C72H42N6S. The predicted octanol–water partition coefficient (Wildman–Crippen LogP) is 17.8. The molecule has 0 saturated carbocycles. The molecular weight excluding hydrogens is 981 g/mol. The van der Waals surface area contributed by atoms with Crippen LogP contribution < -0.4 is 0 Å². The summed E-state index contributed by atoms with van der Waals surface area (Å²) in [4.78, 5) is 12.6. The Hall–Kier alpha value is -10.3. The Morgan fingerprint density at radius 1 is 0.354 bits per heavy atom. The first-order valence-corrected chi connectivity index (χ1v) is 27.5. The molecule has 0 fully saturated rings. The minimum Gasteiger partial charge on any atom is -0.309 e. The molecule has 0 atom stereocenters. The highest BCUT2D eigenvalue weighted by atomic mass is 32.2. The summed E-state index contributed by atoms with van der Waals surface area (Å²) in [6.07, 6.45) is 3.79. The lowest BCUT2D eigenvalue weighted by Gasteiger charge is -2.40. The van der Waals surface area contributed by atoms with Crippen molar-refractivity contribution in [3.8, 4) is 56.8 Å². The summed E-state index contributed by atoms with van der Waals surface area (Å²) in [5.74, 6) is 0. The Kier molecular flexibility index (Phi) is 9.24. The van der Waals surface area contributed by atoms with Gasteiger partial charge in [0, 0.05) is 71.6 Å². The number of hydrogen-bond acceptors (Lipinski definition) is 4. The monoisotopic (exact) mass is 1020 g/mol. The van der Waals surface area contributed by atoms with Gasteiger partial charge in [0.15, 0.2) is 0 Å². The lowest BCUT2D eigenvalue weighted by molar-refractivity contribution is 0.720. The van der Waals surface area contributed by atoms with E-state index in [4.69, 9.17) is 9.97 Å². The highest BCUT2D eigenvalue weighted by Gasteiger charge is 2.52. The van der Waals surface area contributed by atoms with Crippen molar-refractivity contribution in [1.82, 2.24) is 23.7 Å². The quantitative estimate of drug-likeness (QED) is 0.172. The third-order valence-corrected chi connectivity index (χ3v) is 18.1. The van der Waals surface area contributed by atoms with Gasteiger partial charge in [0.25, 0.3) is 0 Å². The van der Waals surface area contributed by atoms with Crippen molar-refractivity contribution < 1.29 is 0 Å². The van der Waals surface area contributed by atoms with Crippen LogP contribution in [0, 0.1) is 11.3 Å². The molecule has 2 aliphatic rings. The maximum absolute atomic E-state index is 10.3. The molecule has 366 valence electrons. The molecule has 0 N–H and O–H groups in total. The predicted molar refractivity (Wildman–Crippen MR) is 322 cm³/mol. The number of aromatic nitrogens is 5. The minimum atomic E-state index is -0.713. The molecule has 7 heteroatoms. The number of benzene rings is 10. The van der Waals surface area contributed by atoms with E-state index in [9.17, 15) is 5.26 Å². The topological polar surface area (TPSA) is 64.4 Å². The van der Waals surface area contributed by atoms with Gasteiger partial charge in [-0.1, -0.05) is 133 Å². The Morgan fingerprint density at radius 3 is 1.44 bits per heavy atom. The lowest BCUT2D eigenvalue weighted by Crippen LogP contribution is -2.32. The van der Waals surface area contributed by atoms with E-state index < -0.39 is 5.41 Å². The number of rotatable bonds is 5. The van der Waals surface area contributed by atoms with Crippen molar-refractivity contribution in [3.05, 3.63) is 283 Å². The molecule has 0 radical (unpaired) electrons. The fraction of sp³-hybridized carbons (Fsp3) is 0.0139. The molecule has 15 aromatic rings. The van der Waals surface area contributed by atoms with E-state index in [1.54, 1.807) is 0 Å². The zero-order chi connectivity index (χ0) is 51.9. The fourth-order valence-corrected chi connectivity index (χ4v) is 14.8. The standard InChI is InChI=1S/C72H42N6S/c73-43-44-25-33-65-55(39-44)57-40-45(26-34-67(57)78(65)50-31-29-49(30-32-50)77-62-22-7-4-15-52(62)53-16-5-8-23-63(53)77)46-28-36-68-61(42-46)72(58-20-11-37-74-69(58)70-59(72)21-12-38-75-70)60-19-10-18-51(71(60)79-68)47-27-35-66-56(41-47)54-17-6-9-24-64(54)76(66)48-13-2-1-3-14-48/h1-42H. The molecule has 10 aromatic carbocycles. The van der Waals surface area contributed by atoms with Gasteiger partial charge in [-0.15, -0.1) is 0 Å². The summed E-state index contributed by atoms with van der Waals surface area (Å²) < 4.78 is 7.07. The van der Waals surface area contributed by atoms with Gasteiger partial charge in [-0.25, -0.2) is 0 Å². The van der Waals surface area contributed by atoms with Crippen LogP contribution in [0.2, 0.25) is 0 Å². The summed E-state index contributed by atoms with van der Waals surface area (Å²) in [5.41, 5.74) is 21.1. The molecule has 0 bridgehead atoms. The Balaban J connectivity index is 0.832. The van der Waals surface area contributed by atoms with Gasteiger partial charge >= 0.3 is 0 Å². The van der Waals surface area contributed by atoms with Crippen LogP contribution in [0.25, 0.3) is 116 Å². The van der Waals surface area contributed by atoms with E-state index in [1.807, 2.05) is 36.3 Å². The van der Waals surface area contributed by atoms with Gasteiger partial charge < -0.3 is 13.7 Å². The molecule has 79 heavy (non-hydrogen) atoms. The van der Waals surface area contributed by atoms with Crippen molar-refractivity contribution in [2.45, 2.75) is 15.2 Å². The molecule has 1 spiro atoms. The number of pyridine rings is 2. The fourth-order valence-electron chi connectivity index (χ4n) is 13.5. The number of hydrogen-bond donors (Lipinski definition) is 0. The summed E-state index contributed by atoms with van der Waals surface area (Å²) >= 11 is 1.86. The maximum Gasteiger partial charge on any atom is 0.0991 e. The molecule has 5 aromatic heterocycles. The Labute approximate surface area is 458 Å². The highest BCUT2D eigenvalue weighted by molar-refractivity contribution is 7.99. The molecule has 0 unspecified atom stereocenters. The molecule has 6 heterocycles. The molecule has 17 rings (SSSR count). The third kappa shape index (κ3) is 6.12. The first-order chi connectivity index (χ1) is 39.1. The largest absolute Gasteiger partial charge is 0.309 e. The summed E-state index contributed by atoms with van der Waals surface area (Å²) in [5, 5.41) is 17.3. The molecule has 1 aliphatic heterocycles. The first-order valence-electron chi connectivity index (χ1n) is 26.7. The smallest absolute Gasteiger partial charge is 0.0991 e. The number of para-hydroxylation sites is 4. The van der Waals surface area contributed by atoms with Crippen LogP contribution in [0.4, 0.5) is 0 Å². The van der Waals surface area contributed by atoms with Crippen LogP contribution in [0.15, 0.2) is 265 Å². The van der Waals surface area contributed by atoms with Gasteiger partial charge in [-0.2, -0.15) is 5.26 Å². The molecule has 0 saturated heterocycles. The Bertz CT molecular complexity index is 5030. The normalized spacial score (nSPS) is 13.1. The summed E-state index contributed by atoms with van der Waals surface area (Å²) in [7, 11) is 0. The van der Waals surface area contributed by atoms with E-state index >= 15 is 0 Å². The summed E-state index contributed by atoms with van der Waals surface area (Å²) in [6, 6.07) is 90.5. The van der Waals surface area contributed by atoms with Crippen LogP contribution in [-0.4, -0.2) is 23.7 Å². The second-order valence-electron chi connectivity index (χ2n) is 20.8. The van der Waals surface area contributed by atoms with E-state index in [-0.39, 0.29) is 0 Å². The van der Waals surface area contributed by atoms with Crippen molar-refractivity contribution >= 4 is 77.2 Å². The average Bonchev–Trinajstić information content (AvgIpc) is 4.25. The average molecular weight is 1020 g/mol. The van der Waals surface area contributed by atoms with Crippen molar-refractivity contribution in [2.75, 3.05) is 0 Å². The van der Waals surface area contributed by atoms with E-state index in [1.165, 1.54) is 75.7 Å². The van der Waals surface area contributed by atoms with E-state index in [2.05, 4.69) is 250 Å². The van der Waals surface area contributed by atoms with Crippen LogP contribution >= 0.6 is 11.8 Å². The Morgan fingerprint density at radius 2 is 0.823 bits per heavy atom. The molecule has 1 aliphatic carbocycles. The van der Waals surface area contributed by atoms with Crippen molar-refractivity contribution in [1.29, 1.82) is 5.26 Å². The van der Waals surface area contributed by atoms with Gasteiger partial charge in [0.1, 0.15) is 0 Å². The van der Waals surface area contributed by atoms with Gasteiger partial charge in [-0.3, -0.25) is 9.97 Å². The zero-order valence-corrected chi connectivity index (χ0v) is 43.2. The number of nitrogens with zero attached hydrogens (tertiary/aromatic N) is 6. The second kappa shape index (κ2) is 16.6. The van der Waals surface area contributed by atoms with E-state index in [0.717, 1.165) is 72.5 Å². The van der Waals surface area contributed by atoms with Crippen LogP contribution in [0.1, 0.15) is 27.8 Å². The zero-order valence-electron chi connectivity index (χ0n) is 42.3. The minimum absolute atomic E-state index is 0.629. The van der Waals surface area contributed by atoms with Gasteiger partial charge in [0.05, 0.1) is 61.5 Å². The molecule has 0 amide bonds. The van der Waals surface area contributed by atoms with Gasteiger partial charge in [0.2, 0.25) is 0 Å². The van der Waals surface area contributed by atoms with Gasteiger partial charge in [-0.05, 0) is 166 Å². The number of fused-ring (bicyclic) bond motifs is 18. The maximum atomic E-state index is 10.3. The van der Waals surface area contributed by atoms with Crippen molar-refractivity contribution in [2.24, 2.45) is 0 Å². The van der Waals surface area contributed by atoms with Crippen LogP contribution in [0.3, 0.4) is 0 Å². The first kappa shape index (κ1) is 43.9. The SMILES string of the molecule is N#Cc1ccc2c(c1)c1cc(-c3ccc4c(c3)C3(c5cccnc5-c5ncccc53)c3cccc(-c5ccc6c(c5)c5ccccc5n6-c5ccccc5)c3S4)ccc1n2-c1ccc(-n2c3ccccc3c3ccccc32)cc1. The second-order valence-corrected chi connectivity index (χ2v) is 21.8. The lowest BCUT2D eigenvalue weighted by atomic mass is 9.67. The molecule has 6 nitrogen and oxygen atoms in total.